The highest BCUT2D eigenvalue weighted by Gasteiger charge is 2.38. The number of ether oxygens (including phenoxy) is 2. The van der Waals surface area contributed by atoms with E-state index in [1.165, 1.54) is 4.70 Å². The summed E-state index contributed by atoms with van der Waals surface area (Å²) in [5, 5.41) is 9.53. The van der Waals surface area contributed by atoms with E-state index in [4.69, 9.17) is 20.2 Å². The Bertz CT molecular complexity index is 1540. The minimum Gasteiger partial charge on any atom is -0.392 e. The Balaban J connectivity index is 1.26. The lowest BCUT2D eigenvalue weighted by atomic mass is 9.91. The van der Waals surface area contributed by atoms with E-state index in [1.807, 2.05) is 30.3 Å². The summed E-state index contributed by atoms with van der Waals surface area (Å²) in [7, 11) is 0. The molecule has 5 nitrogen and oxygen atoms in total. The second-order valence-electron chi connectivity index (χ2n) is 10.1. The van der Waals surface area contributed by atoms with Crippen LogP contribution in [0.2, 0.25) is 0 Å². The molecular formula is C33H32N2O3S2. The third kappa shape index (κ3) is 5.72. The van der Waals surface area contributed by atoms with Crippen LogP contribution in [0.1, 0.15) is 41.6 Å². The van der Waals surface area contributed by atoms with Gasteiger partial charge in [-0.3, -0.25) is 0 Å². The molecule has 3 N–H and O–H groups in total. The van der Waals surface area contributed by atoms with E-state index in [1.54, 1.807) is 23.1 Å². The van der Waals surface area contributed by atoms with Gasteiger partial charge in [0.15, 0.2) is 10.6 Å². The quantitative estimate of drug-likeness (QED) is 0.189. The molecule has 5 aromatic rings. The molecule has 40 heavy (non-hydrogen) atoms. The first kappa shape index (κ1) is 27.1. The minimum absolute atomic E-state index is 0.0220. The second kappa shape index (κ2) is 12.2. The lowest BCUT2D eigenvalue weighted by molar-refractivity contribution is -0.268. The first-order valence-corrected chi connectivity index (χ1v) is 15.3. The van der Waals surface area contributed by atoms with Gasteiger partial charge < -0.3 is 20.3 Å². The summed E-state index contributed by atoms with van der Waals surface area (Å²) >= 11 is 3.46. The maximum absolute atomic E-state index is 9.53. The van der Waals surface area contributed by atoms with Crippen molar-refractivity contribution in [1.82, 2.24) is 4.98 Å². The standard InChI is InChI=1S/C33H32N2O3S2/c1-21-29(20-39-33-35-28-8-4-5-9-30(28)40-33)37-32(38-31(21)24-12-10-22(19-36)11-13-24)25-16-14-23(15-17-25)27-7-3-2-6-26(27)18-34/h2-17,21,29,31-32,36H,18-20,34H2,1H3/t21-,29+,31+,32+/m0/s1. The molecule has 0 radical (unpaired) electrons. The molecule has 0 bridgehead atoms. The van der Waals surface area contributed by atoms with Gasteiger partial charge in [-0.25, -0.2) is 4.98 Å². The van der Waals surface area contributed by atoms with E-state index in [2.05, 4.69) is 73.7 Å². The Hall–Kier alpha value is -3.04. The number of para-hydroxylation sites is 1. The number of thioether (sulfide) groups is 1. The summed E-state index contributed by atoms with van der Waals surface area (Å²) in [6, 6.07) is 32.9. The van der Waals surface area contributed by atoms with Crippen molar-refractivity contribution in [2.24, 2.45) is 11.7 Å². The van der Waals surface area contributed by atoms with Gasteiger partial charge in [-0.2, -0.15) is 0 Å². The van der Waals surface area contributed by atoms with Gasteiger partial charge in [0, 0.05) is 23.8 Å². The Labute approximate surface area is 243 Å². The van der Waals surface area contributed by atoms with Crippen molar-refractivity contribution >= 4 is 33.3 Å². The minimum atomic E-state index is -0.501. The molecular weight excluding hydrogens is 537 g/mol. The number of aromatic nitrogens is 1. The molecule has 4 atom stereocenters. The summed E-state index contributed by atoms with van der Waals surface area (Å²) in [6.07, 6.45) is -0.695. The van der Waals surface area contributed by atoms with Crippen molar-refractivity contribution in [3.63, 3.8) is 0 Å². The molecule has 1 aromatic heterocycles. The van der Waals surface area contributed by atoms with Crippen molar-refractivity contribution in [3.8, 4) is 11.1 Å². The molecule has 0 spiro atoms. The number of nitrogens with two attached hydrogens (primary N) is 1. The Morgan fingerprint density at radius 3 is 2.35 bits per heavy atom. The molecule has 6 rings (SSSR count). The van der Waals surface area contributed by atoms with Gasteiger partial charge in [0.1, 0.15) is 0 Å². The van der Waals surface area contributed by atoms with Crippen molar-refractivity contribution in [2.45, 2.75) is 42.9 Å². The summed E-state index contributed by atoms with van der Waals surface area (Å²) in [5.74, 6) is 0.891. The van der Waals surface area contributed by atoms with Gasteiger partial charge in [-0.15, -0.1) is 11.3 Å². The maximum atomic E-state index is 9.53. The summed E-state index contributed by atoms with van der Waals surface area (Å²) < 4.78 is 15.5. The third-order valence-corrected chi connectivity index (χ3v) is 9.77. The zero-order valence-electron chi connectivity index (χ0n) is 22.3. The van der Waals surface area contributed by atoms with Crippen molar-refractivity contribution in [3.05, 3.63) is 119 Å². The fourth-order valence-corrected chi connectivity index (χ4v) is 7.43. The largest absolute Gasteiger partial charge is 0.392 e. The van der Waals surface area contributed by atoms with E-state index in [9.17, 15) is 5.11 Å². The van der Waals surface area contributed by atoms with Crippen LogP contribution in [0.4, 0.5) is 0 Å². The molecule has 1 fully saturated rings. The predicted molar refractivity (Wildman–Crippen MR) is 163 cm³/mol. The lowest BCUT2D eigenvalue weighted by Crippen LogP contribution is -2.38. The SMILES string of the molecule is C[C@H]1[C@@H](CSc2nc3ccccc3s2)O[C@@H](c2ccc(-c3ccccc3CN)cc2)O[C@H]1c1ccc(CO)cc1. The summed E-state index contributed by atoms with van der Waals surface area (Å²) in [6.45, 7) is 2.71. The van der Waals surface area contributed by atoms with Crippen molar-refractivity contribution < 1.29 is 14.6 Å². The van der Waals surface area contributed by atoms with E-state index < -0.39 is 6.29 Å². The number of benzene rings is 4. The van der Waals surface area contributed by atoms with Crippen LogP contribution in [-0.2, 0) is 22.6 Å². The zero-order chi connectivity index (χ0) is 27.5. The van der Waals surface area contributed by atoms with E-state index in [-0.39, 0.29) is 24.7 Å². The normalized spacial score (nSPS) is 21.1. The Kier molecular flexibility index (Phi) is 8.30. The predicted octanol–water partition coefficient (Wildman–Crippen LogP) is 7.50. The summed E-state index contributed by atoms with van der Waals surface area (Å²) in [4.78, 5) is 4.81. The number of aliphatic hydroxyl groups excluding tert-OH is 1. The molecule has 1 saturated heterocycles. The zero-order valence-corrected chi connectivity index (χ0v) is 23.9. The molecule has 0 saturated carbocycles. The molecule has 0 aliphatic carbocycles. The number of hydrogen-bond donors (Lipinski definition) is 2. The molecule has 4 aromatic carbocycles. The first-order chi connectivity index (χ1) is 19.6. The topological polar surface area (TPSA) is 77.6 Å². The van der Waals surface area contributed by atoms with Crippen LogP contribution >= 0.6 is 23.1 Å². The van der Waals surface area contributed by atoms with Gasteiger partial charge in [0.05, 0.1) is 29.0 Å². The number of nitrogens with zero attached hydrogens (tertiary/aromatic N) is 1. The number of thiazole rings is 1. The highest BCUT2D eigenvalue weighted by Crippen LogP contribution is 2.43. The van der Waals surface area contributed by atoms with Gasteiger partial charge >= 0.3 is 0 Å². The smallest absolute Gasteiger partial charge is 0.184 e. The molecule has 0 unspecified atom stereocenters. The number of hydrogen-bond acceptors (Lipinski definition) is 7. The van der Waals surface area contributed by atoms with Crippen LogP contribution in [-0.4, -0.2) is 21.9 Å². The first-order valence-electron chi connectivity index (χ1n) is 13.5. The molecule has 7 heteroatoms. The van der Waals surface area contributed by atoms with Crippen LogP contribution < -0.4 is 5.73 Å². The average Bonchev–Trinajstić information content (AvgIpc) is 3.44. The Morgan fingerprint density at radius 2 is 1.60 bits per heavy atom. The highest BCUT2D eigenvalue weighted by molar-refractivity contribution is 8.01. The fourth-order valence-electron chi connectivity index (χ4n) is 5.18. The summed E-state index contributed by atoms with van der Waals surface area (Å²) in [5.41, 5.74) is 13.3. The number of aliphatic hydroxyl groups is 1. The third-order valence-electron chi connectivity index (χ3n) is 7.50. The molecule has 1 aliphatic rings. The monoisotopic (exact) mass is 568 g/mol. The van der Waals surface area contributed by atoms with Gasteiger partial charge in [-0.05, 0) is 39.9 Å². The Morgan fingerprint density at radius 1 is 0.875 bits per heavy atom. The maximum Gasteiger partial charge on any atom is 0.184 e. The molecule has 0 amide bonds. The van der Waals surface area contributed by atoms with Crippen LogP contribution in [0, 0.1) is 5.92 Å². The van der Waals surface area contributed by atoms with E-state index in [0.29, 0.717) is 6.54 Å². The van der Waals surface area contributed by atoms with Crippen LogP contribution in [0.15, 0.2) is 101 Å². The fraction of sp³-hybridized carbons (Fsp3) is 0.242. The second-order valence-corrected chi connectivity index (χ2v) is 12.4. The highest BCUT2D eigenvalue weighted by atomic mass is 32.2. The molecule has 2 heterocycles. The van der Waals surface area contributed by atoms with Crippen LogP contribution in [0.25, 0.3) is 21.3 Å². The van der Waals surface area contributed by atoms with Gasteiger partial charge in [-0.1, -0.05) is 104 Å². The van der Waals surface area contributed by atoms with Gasteiger partial charge in [0.2, 0.25) is 0 Å². The molecule has 1 aliphatic heterocycles. The van der Waals surface area contributed by atoms with Crippen molar-refractivity contribution in [1.29, 1.82) is 0 Å². The number of fused-ring (bicyclic) bond motifs is 1. The average molecular weight is 569 g/mol. The van der Waals surface area contributed by atoms with Crippen molar-refractivity contribution in [2.75, 3.05) is 5.75 Å². The van der Waals surface area contributed by atoms with Crippen LogP contribution in [0.3, 0.4) is 0 Å². The van der Waals surface area contributed by atoms with Gasteiger partial charge in [0.25, 0.3) is 0 Å². The van der Waals surface area contributed by atoms with E-state index >= 15 is 0 Å². The molecule has 204 valence electrons. The number of rotatable bonds is 8. The van der Waals surface area contributed by atoms with E-state index in [0.717, 1.165) is 49.0 Å². The van der Waals surface area contributed by atoms with Crippen LogP contribution in [0.5, 0.6) is 0 Å². The lowest BCUT2D eigenvalue weighted by Gasteiger charge is -2.41.